The molecule has 0 atom stereocenters. The first-order chi connectivity index (χ1) is 8.02. The Morgan fingerprint density at radius 2 is 1.71 bits per heavy atom. The molecule has 0 aliphatic carbocycles. The highest BCUT2D eigenvalue weighted by Gasteiger charge is 2.13. The van der Waals surface area contributed by atoms with E-state index in [9.17, 15) is 0 Å². The van der Waals surface area contributed by atoms with Crippen LogP contribution in [-0.4, -0.2) is 10.1 Å². The molecule has 0 saturated carbocycles. The summed E-state index contributed by atoms with van der Waals surface area (Å²) in [6, 6.07) is 4.39. The fraction of sp³-hybridized carbons (Fsp3) is 0.357. The number of aliphatic hydroxyl groups is 1. The summed E-state index contributed by atoms with van der Waals surface area (Å²) in [5.41, 5.74) is 6.12. The molecule has 0 saturated heterocycles. The largest absolute Gasteiger partial charge is 0.389 e. The Hall–Kier alpha value is -1.19. The van der Waals surface area contributed by atoms with Crippen LogP contribution in [0.25, 0.3) is 10.4 Å². The third-order valence-electron chi connectivity index (χ3n) is 2.88. The van der Waals surface area contributed by atoms with Crippen LogP contribution in [0.15, 0.2) is 12.1 Å². The van der Waals surface area contributed by atoms with Crippen LogP contribution < -0.4 is 0 Å². The Morgan fingerprint density at radius 3 is 2.18 bits per heavy atom. The van der Waals surface area contributed by atoms with Gasteiger partial charge in [0.2, 0.25) is 0 Å². The molecule has 90 valence electrons. The first kappa shape index (κ1) is 12.3. The minimum Gasteiger partial charge on any atom is -0.389 e. The number of rotatable bonds is 2. The van der Waals surface area contributed by atoms with Crippen LogP contribution in [-0.2, 0) is 6.61 Å². The molecular weight excluding hydrogens is 230 g/mol. The molecule has 1 aromatic heterocycles. The molecule has 0 unspecified atom stereocenters. The van der Waals surface area contributed by atoms with Gasteiger partial charge in [0.1, 0.15) is 5.01 Å². The molecule has 0 amide bonds. The van der Waals surface area contributed by atoms with Crippen molar-refractivity contribution in [3.05, 3.63) is 39.5 Å². The lowest BCUT2D eigenvalue weighted by Crippen LogP contribution is -1.89. The van der Waals surface area contributed by atoms with Crippen molar-refractivity contribution in [1.29, 1.82) is 0 Å². The molecule has 17 heavy (non-hydrogen) atoms. The van der Waals surface area contributed by atoms with Gasteiger partial charge in [-0.15, -0.1) is 11.3 Å². The van der Waals surface area contributed by atoms with Gasteiger partial charge >= 0.3 is 0 Å². The highest BCUT2D eigenvalue weighted by molar-refractivity contribution is 7.15. The molecule has 0 aliphatic rings. The predicted octanol–water partition coefficient (Wildman–Crippen LogP) is 3.54. The number of hydrogen-bond donors (Lipinski definition) is 1. The first-order valence-electron chi connectivity index (χ1n) is 5.68. The van der Waals surface area contributed by atoms with Gasteiger partial charge in [-0.2, -0.15) is 0 Å². The first-order valence-corrected chi connectivity index (χ1v) is 6.50. The number of nitrogens with zero attached hydrogens (tertiary/aromatic N) is 1. The average molecular weight is 247 g/mol. The van der Waals surface area contributed by atoms with Crippen LogP contribution in [0.5, 0.6) is 0 Å². The van der Waals surface area contributed by atoms with Crippen LogP contribution in [0.4, 0.5) is 0 Å². The maximum atomic E-state index is 9.15. The van der Waals surface area contributed by atoms with Crippen LogP contribution in [0.3, 0.4) is 0 Å². The van der Waals surface area contributed by atoms with Gasteiger partial charge in [0, 0.05) is 0 Å². The second-order valence-corrected chi connectivity index (χ2v) is 5.54. The minimum atomic E-state index is 0.0233. The fourth-order valence-electron chi connectivity index (χ4n) is 2.29. The lowest BCUT2D eigenvalue weighted by molar-refractivity contribution is 0.281. The van der Waals surface area contributed by atoms with Gasteiger partial charge in [-0.05, 0) is 44.4 Å². The summed E-state index contributed by atoms with van der Waals surface area (Å²) in [4.78, 5) is 5.56. The highest BCUT2D eigenvalue weighted by atomic mass is 32.1. The van der Waals surface area contributed by atoms with Crippen LogP contribution in [0, 0.1) is 27.7 Å². The van der Waals surface area contributed by atoms with E-state index in [-0.39, 0.29) is 6.61 Å². The summed E-state index contributed by atoms with van der Waals surface area (Å²) in [6.07, 6.45) is 0. The number of thiazole rings is 1. The van der Waals surface area contributed by atoms with Gasteiger partial charge < -0.3 is 5.11 Å². The van der Waals surface area contributed by atoms with Gasteiger partial charge in [-0.25, -0.2) is 4.98 Å². The zero-order valence-corrected chi connectivity index (χ0v) is 11.5. The number of benzene rings is 1. The SMILES string of the molecule is Cc1cc(C)c(-c2sc(CO)nc2C)c(C)c1. The van der Waals surface area contributed by atoms with E-state index in [0.29, 0.717) is 0 Å². The third-order valence-corrected chi connectivity index (χ3v) is 4.04. The minimum absolute atomic E-state index is 0.0233. The summed E-state index contributed by atoms with van der Waals surface area (Å²) in [5, 5.41) is 9.94. The average Bonchev–Trinajstić information content (AvgIpc) is 2.59. The molecule has 3 heteroatoms. The maximum absolute atomic E-state index is 9.15. The quantitative estimate of drug-likeness (QED) is 0.880. The summed E-state index contributed by atoms with van der Waals surface area (Å²) in [5.74, 6) is 0. The van der Waals surface area contributed by atoms with Crippen molar-refractivity contribution >= 4 is 11.3 Å². The smallest absolute Gasteiger partial charge is 0.119 e. The molecule has 0 aliphatic heterocycles. The molecule has 0 radical (unpaired) electrons. The summed E-state index contributed by atoms with van der Waals surface area (Å²) >= 11 is 1.59. The van der Waals surface area contributed by atoms with Crippen molar-refractivity contribution in [2.24, 2.45) is 0 Å². The van der Waals surface area contributed by atoms with E-state index in [0.717, 1.165) is 10.7 Å². The van der Waals surface area contributed by atoms with Crippen molar-refractivity contribution in [2.45, 2.75) is 34.3 Å². The number of aryl methyl sites for hydroxylation is 4. The predicted molar refractivity (Wildman–Crippen MR) is 72.4 cm³/mol. The van der Waals surface area contributed by atoms with E-state index in [4.69, 9.17) is 5.11 Å². The molecule has 2 rings (SSSR count). The monoisotopic (exact) mass is 247 g/mol. The Bertz CT molecular complexity index is 534. The standard InChI is InChI=1S/C14H17NOS/c1-8-5-9(2)13(10(3)6-8)14-11(4)15-12(7-16)17-14/h5-6,16H,7H2,1-4H3. The molecule has 0 bridgehead atoms. The fourth-order valence-corrected chi connectivity index (χ4v) is 3.39. The van der Waals surface area contributed by atoms with E-state index in [2.05, 4.69) is 37.9 Å². The summed E-state index contributed by atoms with van der Waals surface area (Å²) < 4.78 is 0. The van der Waals surface area contributed by atoms with E-state index >= 15 is 0 Å². The number of hydrogen-bond acceptors (Lipinski definition) is 3. The van der Waals surface area contributed by atoms with Crippen molar-refractivity contribution in [2.75, 3.05) is 0 Å². The third kappa shape index (κ3) is 2.26. The molecule has 2 nitrogen and oxygen atoms in total. The van der Waals surface area contributed by atoms with Crippen LogP contribution in [0.2, 0.25) is 0 Å². The maximum Gasteiger partial charge on any atom is 0.119 e. The topological polar surface area (TPSA) is 33.1 Å². The van der Waals surface area contributed by atoms with Gasteiger partial charge in [-0.3, -0.25) is 0 Å². The Morgan fingerprint density at radius 1 is 1.12 bits per heavy atom. The lowest BCUT2D eigenvalue weighted by Gasteiger charge is -2.10. The van der Waals surface area contributed by atoms with Gasteiger partial charge in [0.05, 0.1) is 17.2 Å². The Labute approximate surface area is 106 Å². The zero-order valence-electron chi connectivity index (χ0n) is 10.7. The molecule has 1 aromatic carbocycles. The number of aromatic nitrogens is 1. The van der Waals surface area contributed by atoms with Crippen LogP contribution >= 0.6 is 11.3 Å². The molecule has 0 fully saturated rings. The van der Waals surface area contributed by atoms with E-state index < -0.39 is 0 Å². The molecular formula is C14H17NOS. The van der Waals surface area contributed by atoms with Crippen LogP contribution in [0.1, 0.15) is 27.4 Å². The van der Waals surface area contributed by atoms with E-state index in [1.165, 1.54) is 27.1 Å². The second kappa shape index (κ2) is 4.59. The zero-order chi connectivity index (χ0) is 12.6. The normalized spacial score (nSPS) is 10.9. The van der Waals surface area contributed by atoms with E-state index in [1.807, 2.05) is 6.92 Å². The van der Waals surface area contributed by atoms with Crippen molar-refractivity contribution < 1.29 is 5.11 Å². The summed E-state index contributed by atoms with van der Waals surface area (Å²) in [7, 11) is 0. The second-order valence-electron chi connectivity index (χ2n) is 4.45. The molecule has 1 N–H and O–H groups in total. The van der Waals surface area contributed by atoms with Gasteiger partial charge in [-0.1, -0.05) is 17.7 Å². The van der Waals surface area contributed by atoms with Crippen molar-refractivity contribution in [3.63, 3.8) is 0 Å². The van der Waals surface area contributed by atoms with Crippen molar-refractivity contribution in [3.8, 4) is 10.4 Å². The molecule has 0 spiro atoms. The highest BCUT2D eigenvalue weighted by Crippen LogP contribution is 2.35. The Kier molecular flexibility index (Phi) is 3.31. The molecule has 1 heterocycles. The molecule has 2 aromatic rings. The van der Waals surface area contributed by atoms with Gasteiger partial charge in [0.25, 0.3) is 0 Å². The lowest BCUT2D eigenvalue weighted by atomic mass is 9.98. The van der Waals surface area contributed by atoms with Crippen molar-refractivity contribution in [1.82, 2.24) is 4.98 Å². The number of aliphatic hydroxyl groups excluding tert-OH is 1. The summed E-state index contributed by atoms with van der Waals surface area (Å²) in [6.45, 7) is 8.40. The Balaban J connectivity index is 2.63. The van der Waals surface area contributed by atoms with Gasteiger partial charge in [0.15, 0.2) is 0 Å². The van der Waals surface area contributed by atoms with E-state index in [1.54, 1.807) is 11.3 Å².